The van der Waals surface area contributed by atoms with Gasteiger partial charge in [0.1, 0.15) is 23.1 Å². The normalized spacial score (nSPS) is 18.2. The number of hydrogen-bond donors (Lipinski definition) is 1. The Hall–Kier alpha value is -3.65. The largest absolute Gasteiger partial charge is 0.496 e. The Morgan fingerprint density at radius 1 is 1.09 bits per heavy atom. The second-order valence-electron chi connectivity index (χ2n) is 8.70. The van der Waals surface area contributed by atoms with Crippen molar-refractivity contribution in [2.75, 3.05) is 27.9 Å². The van der Waals surface area contributed by atoms with Gasteiger partial charge in [-0.05, 0) is 55.7 Å². The minimum Gasteiger partial charge on any atom is -0.496 e. The van der Waals surface area contributed by atoms with E-state index in [0.29, 0.717) is 24.5 Å². The van der Waals surface area contributed by atoms with Crippen molar-refractivity contribution in [2.24, 2.45) is 0 Å². The van der Waals surface area contributed by atoms with Gasteiger partial charge in [0.25, 0.3) is 5.91 Å². The Bertz CT molecular complexity index is 1210. The number of nitrogens with one attached hydrogen (secondary N) is 1. The summed E-state index contributed by atoms with van der Waals surface area (Å²) in [6.07, 6.45) is 1.72. The predicted octanol–water partition coefficient (Wildman–Crippen LogP) is 3.69. The Morgan fingerprint density at radius 3 is 2.46 bits per heavy atom. The minimum atomic E-state index is -0.921. The molecule has 1 saturated heterocycles. The number of esters is 1. The van der Waals surface area contributed by atoms with E-state index < -0.39 is 17.6 Å². The van der Waals surface area contributed by atoms with Crippen LogP contribution in [0.5, 0.6) is 11.5 Å². The first-order valence-corrected chi connectivity index (χ1v) is 11.5. The van der Waals surface area contributed by atoms with E-state index in [9.17, 15) is 9.59 Å². The number of benzene rings is 2. The topological polar surface area (TPSA) is 96.0 Å². The summed E-state index contributed by atoms with van der Waals surface area (Å²) >= 11 is 0. The number of hydrogen-bond acceptors (Lipinski definition) is 7. The molecule has 1 aliphatic heterocycles. The lowest BCUT2D eigenvalue weighted by molar-refractivity contribution is -0.149. The molecule has 1 aromatic heterocycles. The molecule has 0 spiro atoms. The second-order valence-corrected chi connectivity index (χ2v) is 8.70. The summed E-state index contributed by atoms with van der Waals surface area (Å²) < 4.78 is 21.6. The average Bonchev–Trinajstić information content (AvgIpc) is 3.34. The molecule has 1 amide bonds. The fraction of sp³-hybridized carbons (Fsp3) is 0.370. The van der Waals surface area contributed by atoms with Gasteiger partial charge in [-0.15, -0.1) is 0 Å². The number of carbonyl (C=O) groups excluding carboxylic acids is 2. The molecular weight excluding hydrogens is 448 g/mol. The number of methoxy groups -OCH3 is 3. The second kappa shape index (κ2) is 10.3. The van der Waals surface area contributed by atoms with Gasteiger partial charge >= 0.3 is 5.97 Å². The Balaban J connectivity index is 1.60. The summed E-state index contributed by atoms with van der Waals surface area (Å²) in [6, 6.07) is 14.4. The number of amides is 1. The highest BCUT2D eigenvalue weighted by Crippen LogP contribution is 2.37. The van der Waals surface area contributed by atoms with Gasteiger partial charge in [-0.3, -0.25) is 4.79 Å². The maximum absolute atomic E-state index is 12.8. The minimum absolute atomic E-state index is 0.284. The smallest absolute Gasteiger partial charge is 0.328 e. The van der Waals surface area contributed by atoms with Crippen LogP contribution in [0.1, 0.15) is 25.3 Å². The first-order valence-electron chi connectivity index (χ1n) is 11.5. The fourth-order valence-corrected chi connectivity index (χ4v) is 4.39. The molecule has 0 saturated carbocycles. The van der Waals surface area contributed by atoms with Gasteiger partial charge in [0.05, 0.1) is 38.1 Å². The van der Waals surface area contributed by atoms with Gasteiger partial charge in [-0.2, -0.15) is 0 Å². The molecule has 35 heavy (non-hydrogen) atoms. The monoisotopic (exact) mass is 478 g/mol. The van der Waals surface area contributed by atoms with Crippen LogP contribution in [0.15, 0.2) is 48.5 Å². The van der Waals surface area contributed by atoms with E-state index in [2.05, 4.69) is 5.32 Å². The van der Waals surface area contributed by atoms with Crippen molar-refractivity contribution in [1.29, 1.82) is 0 Å². The molecule has 0 radical (unpaired) electrons. The molecule has 3 aromatic rings. The van der Waals surface area contributed by atoms with Crippen molar-refractivity contribution in [3.05, 3.63) is 54.1 Å². The molecule has 0 unspecified atom stereocenters. The molecule has 2 heterocycles. The van der Waals surface area contributed by atoms with Crippen molar-refractivity contribution < 1.29 is 28.5 Å². The van der Waals surface area contributed by atoms with E-state index in [0.717, 1.165) is 34.1 Å². The molecule has 1 N–H and O–H groups in total. The first kappa shape index (κ1) is 24.5. The number of fused-ring (bicyclic) bond motifs is 1. The summed E-state index contributed by atoms with van der Waals surface area (Å²) in [4.78, 5) is 30.1. The molecular formula is C27H30N2O6. The van der Waals surface area contributed by atoms with Crippen molar-refractivity contribution >= 4 is 22.8 Å². The van der Waals surface area contributed by atoms with Crippen LogP contribution in [0.3, 0.4) is 0 Å². The molecule has 2 atom stereocenters. The Labute approximate surface area is 204 Å². The van der Waals surface area contributed by atoms with Crippen LogP contribution in [-0.4, -0.2) is 56.4 Å². The number of rotatable bonds is 8. The first-order chi connectivity index (χ1) is 16.9. The molecule has 1 fully saturated rings. The Kier molecular flexibility index (Phi) is 7.21. The van der Waals surface area contributed by atoms with Crippen LogP contribution in [0.25, 0.3) is 22.2 Å². The number of nitrogens with zero attached hydrogens (tertiary/aromatic N) is 1. The van der Waals surface area contributed by atoms with Gasteiger partial charge in [0.15, 0.2) is 0 Å². The molecule has 4 rings (SSSR count). The van der Waals surface area contributed by atoms with Crippen molar-refractivity contribution in [2.45, 2.75) is 37.8 Å². The fourth-order valence-electron chi connectivity index (χ4n) is 4.39. The van der Waals surface area contributed by atoms with E-state index >= 15 is 0 Å². The molecule has 0 bridgehead atoms. The quantitative estimate of drug-likeness (QED) is 0.493. The van der Waals surface area contributed by atoms with Crippen LogP contribution in [0, 0.1) is 0 Å². The molecule has 184 valence electrons. The van der Waals surface area contributed by atoms with Crippen molar-refractivity contribution in [3.8, 4) is 22.8 Å². The molecule has 0 aliphatic carbocycles. The van der Waals surface area contributed by atoms with Crippen molar-refractivity contribution in [1.82, 2.24) is 10.3 Å². The summed E-state index contributed by atoms with van der Waals surface area (Å²) in [6.45, 7) is 2.28. The molecule has 8 heteroatoms. The van der Waals surface area contributed by atoms with Crippen LogP contribution in [0.2, 0.25) is 0 Å². The highest BCUT2D eigenvalue weighted by Gasteiger charge is 2.39. The van der Waals surface area contributed by atoms with Crippen LogP contribution in [-0.2, 0) is 25.5 Å². The zero-order chi connectivity index (χ0) is 25.0. The highest BCUT2D eigenvalue weighted by molar-refractivity contribution is 5.90. The number of pyridine rings is 1. The van der Waals surface area contributed by atoms with Gasteiger partial charge in [0, 0.05) is 18.4 Å². The SMILES string of the molecule is COC(=O)[C@H](Cc1ccc2nc(-c3c(OC)cccc3OC)ccc2c1)NC(=O)[C@]1(C)CCCO1. The molecule has 8 nitrogen and oxygen atoms in total. The lowest BCUT2D eigenvalue weighted by atomic mass is 9.99. The molecule has 1 aliphatic rings. The lowest BCUT2D eigenvalue weighted by Gasteiger charge is -2.25. The van der Waals surface area contributed by atoms with E-state index in [1.165, 1.54) is 7.11 Å². The predicted molar refractivity (Wildman–Crippen MR) is 132 cm³/mol. The van der Waals surface area contributed by atoms with Gasteiger partial charge in [-0.1, -0.05) is 18.2 Å². The summed E-state index contributed by atoms with van der Waals surface area (Å²) in [7, 11) is 4.54. The maximum Gasteiger partial charge on any atom is 0.328 e. The van der Waals surface area contributed by atoms with E-state index in [-0.39, 0.29) is 12.3 Å². The maximum atomic E-state index is 12.8. The third kappa shape index (κ3) is 5.07. The number of ether oxygens (including phenoxy) is 4. The van der Waals surface area contributed by atoms with E-state index in [1.807, 2.05) is 48.5 Å². The highest BCUT2D eigenvalue weighted by atomic mass is 16.5. The lowest BCUT2D eigenvalue weighted by Crippen LogP contribution is -2.51. The van der Waals surface area contributed by atoms with Crippen molar-refractivity contribution in [3.63, 3.8) is 0 Å². The third-order valence-corrected chi connectivity index (χ3v) is 6.37. The molecule has 2 aromatic carbocycles. The van der Waals surface area contributed by atoms with E-state index in [4.69, 9.17) is 23.9 Å². The number of carbonyl (C=O) groups is 2. The number of aromatic nitrogens is 1. The zero-order valence-corrected chi connectivity index (χ0v) is 20.4. The van der Waals surface area contributed by atoms with Crippen LogP contribution < -0.4 is 14.8 Å². The van der Waals surface area contributed by atoms with Gasteiger partial charge in [0.2, 0.25) is 0 Å². The van der Waals surface area contributed by atoms with Crippen LogP contribution >= 0.6 is 0 Å². The summed E-state index contributed by atoms with van der Waals surface area (Å²) in [5, 5.41) is 3.72. The zero-order valence-electron chi connectivity index (χ0n) is 20.4. The van der Waals surface area contributed by atoms with Crippen LogP contribution in [0.4, 0.5) is 0 Å². The van der Waals surface area contributed by atoms with Gasteiger partial charge < -0.3 is 24.3 Å². The van der Waals surface area contributed by atoms with E-state index in [1.54, 1.807) is 21.1 Å². The Morgan fingerprint density at radius 2 is 1.83 bits per heavy atom. The summed E-state index contributed by atoms with van der Waals surface area (Å²) in [5.74, 6) is 0.536. The summed E-state index contributed by atoms with van der Waals surface area (Å²) in [5.41, 5.74) is 2.23. The van der Waals surface area contributed by atoms with Gasteiger partial charge in [-0.25, -0.2) is 9.78 Å². The average molecular weight is 479 g/mol. The third-order valence-electron chi connectivity index (χ3n) is 6.37. The standard InChI is InChI=1S/C27H30N2O6/c1-27(13-6-14-35-27)26(31)29-21(25(30)34-4)16-17-9-11-19-18(15-17)10-12-20(28-19)24-22(32-2)7-5-8-23(24)33-3/h5,7-12,15,21H,6,13-14,16H2,1-4H3,(H,29,31)/t21-,27-/m0/s1.